The number of rotatable bonds is 5. The number of hydrogen-bond donors (Lipinski definition) is 1. The second kappa shape index (κ2) is 6.21. The summed E-state index contributed by atoms with van der Waals surface area (Å²) in [5.41, 5.74) is -0.206. The largest absolute Gasteiger partial charge is 0.348 e. The summed E-state index contributed by atoms with van der Waals surface area (Å²) in [6, 6.07) is 6.61. The molecule has 1 aromatic rings. The summed E-state index contributed by atoms with van der Waals surface area (Å²) in [6.07, 6.45) is 0. The second-order valence-corrected chi connectivity index (χ2v) is 5.34. The van der Waals surface area contributed by atoms with Gasteiger partial charge in [0.2, 0.25) is 5.91 Å². The molecule has 0 radical (unpaired) electrons. The minimum absolute atomic E-state index is 0.0561. The van der Waals surface area contributed by atoms with E-state index in [4.69, 9.17) is 23.2 Å². The number of ketones is 1. The molecule has 0 fully saturated rings. The van der Waals surface area contributed by atoms with Gasteiger partial charge >= 0.3 is 0 Å². The molecular formula is C13H15Cl2NO2. The van der Waals surface area contributed by atoms with E-state index in [9.17, 15) is 9.59 Å². The Morgan fingerprint density at radius 1 is 1.33 bits per heavy atom. The van der Waals surface area contributed by atoms with E-state index in [-0.39, 0.29) is 24.1 Å². The lowest BCUT2D eigenvalue weighted by molar-refractivity contribution is -0.128. The van der Waals surface area contributed by atoms with Gasteiger partial charge in [0, 0.05) is 16.5 Å². The van der Waals surface area contributed by atoms with Crippen molar-refractivity contribution < 1.29 is 9.59 Å². The molecular weight excluding hydrogens is 273 g/mol. The van der Waals surface area contributed by atoms with Crippen molar-refractivity contribution >= 4 is 34.9 Å². The summed E-state index contributed by atoms with van der Waals surface area (Å²) in [5.74, 6) is -0.228. The molecule has 5 heteroatoms. The van der Waals surface area contributed by atoms with Gasteiger partial charge in [-0.3, -0.25) is 9.59 Å². The highest BCUT2D eigenvalue weighted by atomic mass is 35.5. The number of carbonyl (C=O) groups excluding carboxylic acids is 2. The average molecular weight is 288 g/mol. The monoisotopic (exact) mass is 287 g/mol. The standard InChI is InChI=1S/C13H15Cl2NO2/c1-13(2,8-14)12(18)16-7-11(17)9-4-3-5-10(15)6-9/h3-6H,7-8H2,1-2H3,(H,16,18). The third kappa shape index (κ3) is 4.00. The van der Waals surface area contributed by atoms with Crippen LogP contribution in [0, 0.1) is 5.41 Å². The Bertz CT molecular complexity index is 458. The van der Waals surface area contributed by atoms with Crippen molar-refractivity contribution in [1.82, 2.24) is 5.32 Å². The fourth-order valence-corrected chi connectivity index (χ4v) is 1.54. The van der Waals surface area contributed by atoms with Crippen LogP contribution in [0.3, 0.4) is 0 Å². The van der Waals surface area contributed by atoms with Gasteiger partial charge in [-0.1, -0.05) is 23.7 Å². The molecule has 1 rings (SSSR count). The second-order valence-electron chi connectivity index (χ2n) is 4.63. The van der Waals surface area contributed by atoms with Crippen LogP contribution in [0.1, 0.15) is 24.2 Å². The van der Waals surface area contributed by atoms with Gasteiger partial charge in [0.15, 0.2) is 5.78 Å². The van der Waals surface area contributed by atoms with Crippen LogP contribution in [0.5, 0.6) is 0 Å². The van der Waals surface area contributed by atoms with Crippen LogP contribution in [0.2, 0.25) is 5.02 Å². The summed E-state index contributed by atoms with van der Waals surface area (Å²) in [7, 11) is 0. The van der Waals surface area contributed by atoms with E-state index in [2.05, 4.69) is 5.32 Å². The molecule has 0 aromatic heterocycles. The third-order valence-corrected chi connectivity index (χ3v) is 3.41. The van der Waals surface area contributed by atoms with E-state index in [0.717, 1.165) is 0 Å². The smallest absolute Gasteiger partial charge is 0.227 e. The van der Waals surface area contributed by atoms with Gasteiger partial charge in [-0.2, -0.15) is 0 Å². The Balaban J connectivity index is 2.60. The lowest BCUT2D eigenvalue weighted by atomic mass is 9.95. The van der Waals surface area contributed by atoms with Gasteiger partial charge in [0.25, 0.3) is 0 Å². The van der Waals surface area contributed by atoms with Crippen LogP contribution in [-0.4, -0.2) is 24.1 Å². The predicted molar refractivity (Wildman–Crippen MR) is 73.3 cm³/mol. The molecule has 98 valence electrons. The minimum Gasteiger partial charge on any atom is -0.348 e. The molecule has 18 heavy (non-hydrogen) atoms. The predicted octanol–water partition coefficient (Wildman–Crippen LogP) is 2.90. The zero-order valence-electron chi connectivity index (χ0n) is 10.3. The Labute approximate surface area is 116 Å². The molecule has 0 spiro atoms. The molecule has 0 saturated carbocycles. The maximum Gasteiger partial charge on any atom is 0.227 e. The SMILES string of the molecule is CC(C)(CCl)C(=O)NCC(=O)c1cccc(Cl)c1. The van der Waals surface area contributed by atoms with E-state index >= 15 is 0 Å². The van der Waals surface area contributed by atoms with Crippen molar-refractivity contribution in [2.75, 3.05) is 12.4 Å². The number of nitrogens with one attached hydrogen (secondary N) is 1. The molecule has 0 heterocycles. The number of amides is 1. The first kappa shape index (κ1) is 15.0. The van der Waals surface area contributed by atoms with Crippen molar-refractivity contribution in [1.29, 1.82) is 0 Å². The Kier molecular flexibility index (Phi) is 5.17. The van der Waals surface area contributed by atoms with Gasteiger partial charge in [-0.15, -0.1) is 11.6 Å². The molecule has 1 N–H and O–H groups in total. The summed E-state index contributed by atoms with van der Waals surface area (Å²) >= 11 is 11.5. The Morgan fingerprint density at radius 2 is 2.00 bits per heavy atom. The van der Waals surface area contributed by atoms with Crippen molar-refractivity contribution in [3.8, 4) is 0 Å². The summed E-state index contributed by atoms with van der Waals surface area (Å²) in [6.45, 7) is 3.39. The first-order chi connectivity index (χ1) is 8.36. The molecule has 0 bridgehead atoms. The summed E-state index contributed by atoms with van der Waals surface area (Å²) < 4.78 is 0. The molecule has 0 atom stereocenters. The highest BCUT2D eigenvalue weighted by molar-refractivity contribution is 6.31. The van der Waals surface area contributed by atoms with E-state index in [1.165, 1.54) is 0 Å². The molecule has 1 aromatic carbocycles. The van der Waals surface area contributed by atoms with E-state index in [0.29, 0.717) is 10.6 Å². The molecule has 0 saturated heterocycles. The van der Waals surface area contributed by atoms with Crippen molar-refractivity contribution in [3.63, 3.8) is 0 Å². The minimum atomic E-state index is -0.684. The van der Waals surface area contributed by atoms with Crippen molar-refractivity contribution in [2.45, 2.75) is 13.8 Å². The van der Waals surface area contributed by atoms with Crippen LogP contribution in [0.25, 0.3) is 0 Å². The quantitative estimate of drug-likeness (QED) is 0.669. The summed E-state index contributed by atoms with van der Waals surface area (Å²) in [5, 5.41) is 3.07. The van der Waals surface area contributed by atoms with Crippen LogP contribution in [-0.2, 0) is 4.79 Å². The van der Waals surface area contributed by atoms with Gasteiger partial charge in [-0.05, 0) is 26.0 Å². The van der Waals surface area contributed by atoms with Gasteiger partial charge in [0.05, 0.1) is 12.0 Å². The number of carbonyl (C=O) groups is 2. The highest BCUT2D eigenvalue weighted by Gasteiger charge is 2.26. The first-order valence-electron chi connectivity index (χ1n) is 5.50. The van der Waals surface area contributed by atoms with Crippen LogP contribution < -0.4 is 5.32 Å². The Morgan fingerprint density at radius 3 is 2.56 bits per heavy atom. The fraction of sp³-hybridized carbons (Fsp3) is 0.385. The molecule has 3 nitrogen and oxygen atoms in total. The normalized spacial score (nSPS) is 11.1. The zero-order chi connectivity index (χ0) is 13.8. The van der Waals surface area contributed by atoms with E-state index in [1.807, 2.05) is 0 Å². The third-order valence-electron chi connectivity index (χ3n) is 2.50. The van der Waals surface area contributed by atoms with Crippen LogP contribution in [0.4, 0.5) is 0 Å². The maximum atomic E-state index is 11.8. The average Bonchev–Trinajstić information content (AvgIpc) is 2.35. The number of benzene rings is 1. The first-order valence-corrected chi connectivity index (χ1v) is 6.41. The fourth-order valence-electron chi connectivity index (χ4n) is 1.22. The van der Waals surface area contributed by atoms with Crippen LogP contribution in [0.15, 0.2) is 24.3 Å². The number of Topliss-reactive ketones (excluding diaryl/α,β-unsaturated/α-hetero) is 1. The van der Waals surface area contributed by atoms with E-state index in [1.54, 1.807) is 38.1 Å². The number of hydrogen-bond acceptors (Lipinski definition) is 2. The van der Waals surface area contributed by atoms with Gasteiger partial charge in [-0.25, -0.2) is 0 Å². The van der Waals surface area contributed by atoms with Gasteiger partial charge in [0.1, 0.15) is 0 Å². The number of alkyl halides is 1. The lowest BCUT2D eigenvalue weighted by Gasteiger charge is -2.19. The molecule has 1 amide bonds. The van der Waals surface area contributed by atoms with Crippen molar-refractivity contribution in [3.05, 3.63) is 34.9 Å². The van der Waals surface area contributed by atoms with Crippen LogP contribution >= 0.6 is 23.2 Å². The van der Waals surface area contributed by atoms with Crippen molar-refractivity contribution in [2.24, 2.45) is 5.41 Å². The highest BCUT2D eigenvalue weighted by Crippen LogP contribution is 2.17. The molecule has 0 aliphatic heterocycles. The Hall–Kier alpha value is -1.06. The number of halogens is 2. The zero-order valence-corrected chi connectivity index (χ0v) is 11.8. The van der Waals surface area contributed by atoms with E-state index < -0.39 is 5.41 Å². The maximum absolute atomic E-state index is 11.8. The lowest BCUT2D eigenvalue weighted by Crippen LogP contribution is -2.40. The summed E-state index contributed by atoms with van der Waals surface area (Å²) in [4.78, 5) is 23.5. The molecule has 0 unspecified atom stereocenters. The topological polar surface area (TPSA) is 46.2 Å². The van der Waals surface area contributed by atoms with Gasteiger partial charge < -0.3 is 5.32 Å². The molecule has 0 aliphatic carbocycles. The molecule has 0 aliphatic rings.